The van der Waals surface area contributed by atoms with Crippen molar-refractivity contribution in [2.45, 2.75) is 65.5 Å². The van der Waals surface area contributed by atoms with Gasteiger partial charge in [-0.05, 0) is 26.3 Å². The molecule has 0 spiro atoms. The Morgan fingerprint density at radius 1 is 1.38 bits per heavy atom. The fraction of sp³-hybridized carbons (Fsp3) is 0.769. The Morgan fingerprint density at radius 2 is 1.94 bits per heavy atom. The summed E-state index contributed by atoms with van der Waals surface area (Å²) < 4.78 is 2.09. The van der Waals surface area contributed by atoms with Crippen LogP contribution in [0, 0.1) is 0 Å². The van der Waals surface area contributed by atoms with E-state index in [4.69, 9.17) is 10.8 Å². The van der Waals surface area contributed by atoms with Gasteiger partial charge in [-0.1, -0.05) is 27.7 Å². The lowest BCUT2D eigenvalue weighted by molar-refractivity contribution is 0.436. The van der Waals surface area contributed by atoms with E-state index in [1.54, 1.807) is 0 Å². The molecule has 1 rings (SSSR count). The molecule has 92 valence electrons. The maximum Gasteiger partial charge on any atom is 0.0681 e. The standard InChI is InChI=1S/C13H25N3/c1-7-9(2)16-11(10(3)14)8-12(15-16)13(4,5)6/h8-10H,7,14H2,1-6H3. The van der Waals surface area contributed by atoms with Gasteiger partial charge in [0.05, 0.1) is 11.4 Å². The number of nitrogens with two attached hydrogens (primary N) is 1. The first-order valence-electron chi connectivity index (χ1n) is 6.12. The van der Waals surface area contributed by atoms with E-state index in [1.807, 2.05) is 6.92 Å². The minimum Gasteiger partial charge on any atom is -0.323 e. The maximum absolute atomic E-state index is 6.00. The van der Waals surface area contributed by atoms with Crippen LogP contribution in [0.1, 0.15) is 71.4 Å². The third-order valence-electron chi connectivity index (χ3n) is 3.01. The van der Waals surface area contributed by atoms with Gasteiger partial charge in [0.25, 0.3) is 0 Å². The predicted molar refractivity (Wildman–Crippen MR) is 68.5 cm³/mol. The second kappa shape index (κ2) is 4.58. The number of hydrogen-bond acceptors (Lipinski definition) is 2. The third-order valence-corrected chi connectivity index (χ3v) is 3.01. The summed E-state index contributed by atoms with van der Waals surface area (Å²) in [6.45, 7) is 12.9. The van der Waals surface area contributed by atoms with Crippen LogP contribution in [0.2, 0.25) is 0 Å². The minimum absolute atomic E-state index is 0.0394. The first kappa shape index (κ1) is 13.2. The van der Waals surface area contributed by atoms with Gasteiger partial charge in [-0.25, -0.2) is 0 Å². The molecule has 0 radical (unpaired) electrons. The Labute approximate surface area is 99.0 Å². The van der Waals surface area contributed by atoms with Crippen molar-refractivity contribution in [2.24, 2.45) is 5.73 Å². The second-order valence-electron chi connectivity index (χ2n) is 5.69. The molecule has 0 saturated carbocycles. The first-order valence-corrected chi connectivity index (χ1v) is 6.12. The van der Waals surface area contributed by atoms with Crippen molar-refractivity contribution >= 4 is 0 Å². The van der Waals surface area contributed by atoms with E-state index >= 15 is 0 Å². The summed E-state index contributed by atoms with van der Waals surface area (Å²) in [5.41, 5.74) is 8.35. The summed E-state index contributed by atoms with van der Waals surface area (Å²) in [6.07, 6.45) is 1.07. The minimum atomic E-state index is 0.0394. The molecule has 0 aliphatic heterocycles. The third kappa shape index (κ3) is 2.64. The predicted octanol–water partition coefficient (Wildman–Crippen LogP) is 3.17. The molecule has 0 aromatic carbocycles. The van der Waals surface area contributed by atoms with E-state index in [2.05, 4.69) is 45.4 Å². The highest BCUT2D eigenvalue weighted by molar-refractivity contribution is 5.20. The Hall–Kier alpha value is -0.830. The molecule has 0 aliphatic rings. The average molecular weight is 223 g/mol. The van der Waals surface area contributed by atoms with Crippen LogP contribution in [-0.4, -0.2) is 9.78 Å². The van der Waals surface area contributed by atoms with Crippen molar-refractivity contribution in [1.29, 1.82) is 0 Å². The average Bonchev–Trinajstić information content (AvgIpc) is 2.60. The molecule has 2 unspecified atom stereocenters. The van der Waals surface area contributed by atoms with E-state index in [0.29, 0.717) is 6.04 Å². The van der Waals surface area contributed by atoms with E-state index in [1.165, 1.54) is 0 Å². The van der Waals surface area contributed by atoms with Crippen molar-refractivity contribution in [3.8, 4) is 0 Å². The Balaban J connectivity index is 3.20. The van der Waals surface area contributed by atoms with Gasteiger partial charge >= 0.3 is 0 Å². The molecule has 1 aromatic heterocycles. The summed E-state index contributed by atoms with van der Waals surface area (Å²) in [7, 11) is 0. The molecular formula is C13H25N3. The molecule has 0 fully saturated rings. The Bertz CT molecular complexity index is 345. The van der Waals surface area contributed by atoms with Crippen LogP contribution in [0.15, 0.2) is 6.07 Å². The highest BCUT2D eigenvalue weighted by Crippen LogP contribution is 2.26. The van der Waals surface area contributed by atoms with Crippen LogP contribution in [0.5, 0.6) is 0 Å². The number of hydrogen-bond donors (Lipinski definition) is 1. The Kier molecular flexibility index (Phi) is 3.79. The summed E-state index contributed by atoms with van der Waals surface area (Å²) in [6, 6.07) is 2.60. The normalized spacial score (nSPS) is 16.2. The summed E-state index contributed by atoms with van der Waals surface area (Å²) in [4.78, 5) is 0. The fourth-order valence-electron chi connectivity index (χ4n) is 1.64. The topological polar surface area (TPSA) is 43.8 Å². The lowest BCUT2D eigenvalue weighted by Gasteiger charge is -2.16. The van der Waals surface area contributed by atoms with Gasteiger partial charge in [-0.15, -0.1) is 0 Å². The first-order chi connectivity index (χ1) is 7.27. The molecule has 1 heterocycles. The Morgan fingerprint density at radius 3 is 2.31 bits per heavy atom. The molecule has 0 amide bonds. The molecule has 3 heteroatoms. The second-order valence-corrected chi connectivity index (χ2v) is 5.69. The van der Waals surface area contributed by atoms with Crippen LogP contribution in [-0.2, 0) is 5.41 Å². The van der Waals surface area contributed by atoms with Crippen LogP contribution in [0.3, 0.4) is 0 Å². The van der Waals surface area contributed by atoms with Gasteiger partial charge in [0.15, 0.2) is 0 Å². The van der Waals surface area contributed by atoms with Crippen molar-refractivity contribution in [3.05, 3.63) is 17.5 Å². The lowest BCUT2D eigenvalue weighted by atomic mass is 9.92. The van der Waals surface area contributed by atoms with E-state index in [0.717, 1.165) is 17.8 Å². The zero-order valence-electron chi connectivity index (χ0n) is 11.4. The van der Waals surface area contributed by atoms with Crippen LogP contribution < -0.4 is 5.73 Å². The van der Waals surface area contributed by atoms with E-state index in [9.17, 15) is 0 Å². The van der Waals surface area contributed by atoms with Gasteiger partial charge in [0.2, 0.25) is 0 Å². The molecule has 0 bridgehead atoms. The maximum atomic E-state index is 6.00. The highest BCUT2D eigenvalue weighted by atomic mass is 15.3. The number of rotatable bonds is 3. The van der Waals surface area contributed by atoms with Crippen LogP contribution in [0.25, 0.3) is 0 Å². The molecule has 2 atom stereocenters. The van der Waals surface area contributed by atoms with Gasteiger partial charge in [0.1, 0.15) is 0 Å². The van der Waals surface area contributed by atoms with Crippen molar-refractivity contribution in [1.82, 2.24) is 9.78 Å². The monoisotopic (exact) mass is 223 g/mol. The molecular weight excluding hydrogens is 198 g/mol. The van der Waals surface area contributed by atoms with Crippen LogP contribution >= 0.6 is 0 Å². The number of nitrogens with zero attached hydrogens (tertiary/aromatic N) is 2. The van der Waals surface area contributed by atoms with Crippen molar-refractivity contribution < 1.29 is 0 Å². The molecule has 3 nitrogen and oxygen atoms in total. The number of aromatic nitrogens is 2. The van der Waals surface area contributed by atoms with Crippen LogP contribution in [0.4, 0.5) is 0 Å². The van der Waals surface area contributed by atoms with Gasteiger partial charge in [-0.3, -0.25) is 4.68 Å². The van der Waals surface area contributed by atoms with Gasteiger partial charge < -0.3 is 5.73 Å². The molecule has 0 saturated heterocycles. The SMILES string of the molecule is CCC(C)n1nc(C(C)(C)C)cc1C(C)N. The zero-order valence-corrected chi connectivity index (χ0v) is 11.4. The van der Waals surface area contributed by atoms with Crippen molar-refractivity contribution in [3.63, 3.8) is 0 Å². The van der Waals surface area contributed by atoms with Gasteiger partial charge in [-0.2, -0.15) is 5.10 Å². The molecule has 0 aliphatic carbocycles. The molecule has 1 aromatic rings. The van der Waals surface area contributed by atoms with E-state index in [-0.39, 0.29) is 11.5 Å². The molecule has 2 N–H and O–H groups in total. The highest BCUT2D eigenvalue weighted by Gasteiger charge is 2.22. The zero-order chi connectivity index (χ0) is 12.5. The summed E-state index contributed by atoms with van der Waals surface area (Å²) in [5.74, 6) is 0. The molecule has 16 heavy (non-hydrogen) atoms. The lowest BCUT2D eigenvalue weighted by Crippen LogP contribution is -2.17. The summed E-state index contributed by atoms with van der Waals surface area (Å²) >= 11 is 0. The fourth-order valence-corrected chi connectivity index (χ4v) is 1.64. The van der Waals surface area contributed by atoms with Crippen molar-refractivity contribution in [2.75, 3.05) is 0 Å². The quantitative estimate of drug-likeness (QED) is 0.855. The van der Waals surface area contributed by atoms with E-state index < -0.39 is 0 Å². The smallest absolute Gasteiger partial charge is 0.0681 e. The largest absolute Gasteiger partial charge is 0.323 e. The summed E-state index contributed by atoms with van der Waals surface area (Å²) in [5, 5.41) is 4.71. The van der Waals surface area contributed by atoms with Gasteiger partial charge in [0, 0.05) is 17.5 Å².